The number of alkyl halides is 3. The first-order valence-corrected chi connectivity index (χ1v) is 2.90. The highest BCUT2D eigenvalue weighted by Crippen LogP contribution is 2.27. The second-order valence-electron chi connectivity index (χ2n) is 2.06. The van der Waals surface area contributed by atoms with Crippen molar-refractivity contribution in [2.24, 2.45) is 0 Å². The molecule has 1 unspecified atom stereocenters. The quantitative estimate of drug-likeness (QED) is 0.496. The highest BCUT2D eigenvalue weighted by atomic mass is 19.4. The molecule has 0 aliphatic carbocycles. The predicted molar refractivity (Wildman–Crippen MR) is 28.1 cm³/mol. The molecule has 1 saturated heterocycles. The van der Waals surface area contributed by atoms with Gasteiger partial charge in [-0.3, -0.25) is 4.90 Å². The van der Waals surface area contributed by atoms with Crippen LogP contribution in [0, 0.1) is 11.5 Å². The van der Waals surface area contributed by atoms with Crippen molar-refractivity contribution < 1.29 is 17.9 Å². The Bertz CT molecular complexity index is 185. The van der Waals surface area contributed by atoms with Crippen LogP contribution in [0.25, 0.3) is 0 Å². The number of nitriles is 1. The van der Waals surface area contributed by atoms with Crippen molar-refractivity contribution in [3.8, 4) is 6.19 Å². The highest BCUT2D eigenvalue weighted by Gasteiger charge is 2.47. The molecule has 62 valence electrons. The van der Waals surface area contributed by atoms with Crippen LogP contribution in [-0.4, -0.2) is 30.5 Å². The lowest BCUT2D eigenvalue weighted by Gasteiger charge is -2.18. The molecular formula is C5H5F3N2O. The molecular weight excluding hydrogens is 161 g/mol. The molecule has 6 heteroatoms. The van der Waals surface area contributed by atoms with E-state index < -0.39 is 12.4 Å². The average molecular weight is 166 g/mol. The van der Waals surface area contributed by atoms with E-state index in [2.05, 4.69) is 4.74 Å². The lowest BCUT2D eigenvalue weighted by Crippen LogP contribution is -2.39. The summed E-state index contributed by atoms with van der Waals surface area (Å²) in [5.74, 6) is 0. The van der Waals surface area contributed by atoms with E-state index in [1.807, 2.05) is 0 Å². The number of hydrogen-bond acceptors (Lipinski definition) is 3. The molecule has 0 saturated carbocycles. The summed E-state index contributed by atoms with van der Waals surface area (Å²) in [7, 11) is 0. The number of rotatable bonds is 0. The van der Waals surface area contributed by atoms with Crippen molar-refractivity contribution >= 4 is 0 Å². The molecule has 3 nitrogen and oxygen atoms in total. The third-order valence-corrected chi connectivity index (χ3v) is 1.30. The standard InChI is InChI=1S/C5H5F3N2O/c6-5(7,8)4-10(3-9)1-2-11-4/h4H,1-2H2. The van der Waals surface area contributed by atoms with Gasteiger partial charge in [-0.2, -0.15) is 18.4 Å². The topological polar surface area (TPSA) is 36.3 Å². The maximum atomic E-state index is 11.9. The van der Waals surface area contributed by atoms with Crippen molar-refractivity contribution in [2.75, 3.05) is 13.2 Å². The third kappa shape index (κ3) is 1.54. The van der Waals surface area contributed by atoms with E-state index in [4.69, 9.17) is 5.26 Å². The number of hydrogen-bond donors (Lipinski definition) is 0. The molecule has 1 fully saturated rings. The smallest absolute Gasteiger partial charge is 0.347 e. The van der Waals surface area contributed by atoms with Crippen LogP contribution in [0.5, 0.6) is 0 Å². The number of nitrogens with zero attached hydrogens (tertiary/aromatic N) is 2. The molecule has 0 radical (unpaired) electrons. The fraction of sp³-hybridized carbons (Fsp3) is 0.800. The maximum Gasteiger partial charge on any atom is 0.434 e. The Kier molecular flexibility index (Phi) is 1.91. The molecule has 1 atom stereocenters. The minimum Gasteiger partial charge on any atom is -0.347 e. The van der Waals surface area contributed by atoms with Crippen LogP contribution in [0.3, 0.4) is 0 Å². The summed E-state index contributed by atoms with van der Waals surface area (Å²) in [4.78, 5) is 0.569. The molecule has 0 aromatic carbocycles. The second kappa shape index (κ2) is 2.58. The lowest BCUT2D eigenvalue weighted by atomic mass is 10.5. The Balaban J connectivity index is 2.66. The Morgan fingerprint density at radius 2 is 2.18 bits per heavy atom. The van der Waals surface area contributed by atoms with E-state index in [1.165, 1.54) is 6.19 Å². The van der Waals surface area contributed by atoms with E-state index >= 15 is 0 Å². The van der Waals surface area contributed by atoms with Gasteiger partial charge in [-0.25, -0.2) is 0 Å². The zero-order valence-electron chi connectivity index (χ0n) is 5.43. The Morgan fingerprint density at radius 1 is 1.55 bits per heavy atom. The first-order chi connectivity index (χ1) is 5.05. The van der Waals surface area contributed by atoms with E-state index in [0.29, 0.717) is 4.90 Å². The van der Waals surface area contributed by atoms with E-state index in [1.54, 1.807) is 0 Å². The third-order valence-electron chi connectivity index (χ3n) is 1.30. The Hall–Kier alpha value is -0.960. The number of halogens is 3. The molecule has 1 rings (SSSR count). The normalized spacial score (nSPS) is 25.3. The summed E-state index contributed by atoms with van der Waals surface area (Å²) in [5.41, 5.74) is 0. The fourth-order valence-corrected chi connectivity index (χ4v) is 0.844. The molecule has 0 aromatic heterocycles. The van der Waals surface area contributed by atoms with Crippen LogP contribution in [0.1, 0.15) is 0 Å². The summed E-state index contributed by atoms with van der Waals surface area (Å²) in [5, 5.41) is 8.20. The lowest BCUT2D eigenvalue weighted by molar-refractivity contribution is -0.232. The molecule has 1 aliphatic heterocycles. The van der Waals surface area contributed by atoms with Gasteiger partial charge in [0.2, 0.25) is 6.23 Å². The van der Waals surface area contributed by atoms with Crippen molar-refractivity contribution in [2.45, 2.75) is 12.4 Å². The van der Waals surface area contributed by atoms with Gasteiger partial charge in [-0.1, -0.05) is 0 Å². The van der Waals surface area contributed by atoms with Gasteiger partial charge in [0.05, 0.1) is 13.2 Å². The minimum absolute atomic E-state index is 0.0146. The zero-order valence-corrected chi connectivity index (χ0v) is 5.43. The van der Waals surface area contributed by atoms with Gasteiger partial charge >= 0.3 is 6.18 Å². The predicted octanol–water partition coefficient (Wildman–Crippen LogP) is 0.688. The van der Waals surface area contributed by atoms with Crippen molar-refractivity contribution in [3.63, 3.8) is 0 Å². The first kappa shape index (κ1) is 8.14. The Labute approximate surface area is 61.0 Å². The Morgan fingerprint density at radius 3 is 2.55 bits per heavy atom. The molecule has 0 spiro atoms. The average Bonchev–Trinajstić information content (AvgIpc) is 2.31. The SMILES string of the molecule is N#CN1CCOC1C(F)(F)F. The van der Waals surface area contributed by atoms with Crippen LogP contribution in [0.15, 0.2) is 0 Å². The van der Waals surface area contributed by atoms with Gasteiger partial charge in [-0.05, 0) is 0 Å². The van der Waals surface area contributed by atoms with Gasteiger partial charge in [0.15, 0.2) is 6.19 Å². The van der Waals surface area contributed by atoms with Crippen LogP contribution < -0.4 is 0 Å². The van der Waals surface area contributed by atoms with E-state index in [9.17, 15) is 13.2 Å². The summed E-state index contributed by atoms with van der Waals surface area (Å²) in [6.45, 7) is -0.0294. The van der Waals surface area contributed by atoms with Crippen LogP contribution in [0.2, 0.25) is 0 Å². The number of ether oxygens (including phenoxy) is 1. The van der Waals surface area contributed by atoms with Crippen molar-refractivity contribution in [1.29, 1.82) is 5.26 Å². The largest absolute Gasteiger partial charge is 0.434 e. The molecule has 0 N–H and O–H groups in total. The second-order valence-corrected chi connectivity index (χ2v) is 2.06. The van der Waals surface area contributed by atoms with Crippen LogP contribution >= 0.6 is 0 Å². The van der Waals surface area contributed by atoms with E-state index in [-0.39, 0.29) is 13.2 Å². The fourth-order valence-electron chi connectivity index (χ4n) is 0.844. The summed E-state index contributed by atoms with van der Waals surface area (Å²) in [6.07, 6.45) is -5.09. The van der Waals surface area contributed by atoms with Crippen LogP contribution in [0.4, 0.5) is 13.2 Å². The van der Waals surface area contributed by atoms with E-state index in [0.717, 1.165) is 0 Å². The van der Waals surface area contributed by atoms with Gasteiger partial charge in [-0.15, -0.1) is 0 Å². The molecule has 11 heavy (non-hydrogen) atoms. The van der Waals surface area contributed by atoms with Gasteiger partial charge in [0, 0.05) is 0 Å². The zero-order chi connectivity index (χ0) is 8.48. The summed E-state index contributed by atoms with van der Waals surface area (Å²) in [6, 6.07) is 0. The highest BCUT2D eigenvalue weighted by molar-refractivity contribution is 4.85. The first-order valence-electron chi connectivity index (χ1n) is 2.90. The molecule has 0 bridgehead atoms. The van der Waals surface area contributed by atoms with Gasteiger partial charge < -0.3 is 4.74 Å². The molecule has 0 aromatic rings. The summed E-state index contributed by atoms with van der Waals surface area (Å²) >= 11 is 0. The minimum atomic E-state index is -4.47. The maximum absolute atomic E-state index is 11.9. The monoisotopic (exact) mass is 166 g/mol. The molecule has 1 heterocycles. The molecule has 0 amide bonds. The summed E-state index contributed by atoms with van der Waals surface area (Å²) < 4.78 is 39.9. The van der Waals surface area contributed by atoms with Crippen LogP contribution in [-0.2, 0) is 4.74 Å². The van der Waals surface area contributed by atoms with Gasteiger partial charge in [0.1, 0.15) is 0 Å². The molecule has 1 aliphatic rings. The van der Waals surface area contributed by atoms with Gasteiger partial charge in [0.25, 0.3) is 0 Å². The van der Waals surface area contributed by atoms with Crippen molar-refractivity contribution in [1.82, 2.24) is 4.90 Å². The van der Waals surface area contributed by atoms with Crippen molar-refractivity contribution in [3.05, 3.63) is 0 Å².